The molecule has 0 heterocycles. The van der Waals surface area contributed by atoms with Crippen molar-refractivity contribution in [2.45, 2.75) is 71.6 Å². The van der Waals surface area contributed by atoms with Crippen molar-refractivity contribution in [3.63, 3.8) is 0 Å². The summed E-state index contributed by atoms with van der Waals surface area (Å²) in [5.74, 6) is -0.968. The molecule has 30 heavy (non-hydrogen) atoms. The van der Waals surface area contributed by atoms with E-state index in [1.54, 1.807) is 39.0 Å². The van der Waals surface area contributed by atoms with Crippen LogP contribution in [0.5, 0.6) is 5.75 Å². The van der Waals surface area contributed by atoms with Crippen LogP contribution in [0.1, 0.15) is 65.5 Å². The molecule has 0 bridgehead atoms. The van der Waals surface area contributed by atoms with E-state index in [0.29, 0.717) is 12.1 Å². The molecule has 0 aromatic heterocycles. The van der Waals surface area contributed by atoms with Gasteiger partial charge in [0.1, 0.15) is 23.4 Å². The predicted octanol–water partition coefficient (Wildman–Crippen LogP) is 3.11. The van der Waals surface area contributed by atoms with E-state index in [-0.39, 0.29) is 5.75 Å². The number of carbonyl (C=O) groups excluding carboxylic acids is 3. The number of aromatic hydroxyl groups is 1. The summed E-state index contributed by atoms with van der Waals surface area (Å²) in [7, 11) is 1.47. The fourth-order valence-electron chi connectivity index (χ4n) is 2.91. The molecule has 2 unspecified atom stereocenters. The second kappa shape index (κ2) is 11.4. The summed E-state index contributed by atoms with van der Waals surface area (Å²) < 4.78 is 5.19. The van der Waals surface area contributed by atoms with Crippen LogP contribution in [-0.4, -0.2) is 53.1 Å². The molecule has 2 atom stereocenters. The second-order valence-electron chi connectivity index (χ2n) is 8.28. The molecule has 3 amide bonds. The number of rotatable bonds is 9. The number of unbranched alkanes of at least 4 members (excludes halogenated alkanes) is 2. The molecule has 0 saturated carbocycles. The molecule has 1 rings (SSSR count). The Kier molecular flexibility index (Phi) is 9.62. The van der Waals surface area contributed by atoms with Crippen molar-refractivity contribution in [1.82, 2.24) is 15.5 Å². The van der Waals surface area contributed by atoms with Gasteiger partial charge in [-0.1, -0.05) is 38.0 Å². The average molecular weight is 422 g/mol. The number of likely N-dealkylation sites (N-methyl/N-ethyl adjacent to an activating group) is 1. The summed E-state index contributed by atoms with van der Waals surface area (Å²) in [6, 6.07) is 4.43. The molecule has 8 heteroatoms. The topological polar surface area (TPSA) is 108 Å². The molecule has 8 nitrogen and oxygen atoms in total. The molecule has 1 aromatic rings. The molecule has 1 aromatic carbocycles. The van der Waals surface area contributed by atoms with Gasteiger partial charge in [-0.25, -0.2) is 4.79 Å². The van der Waals surface area contributed by atoms with Crippen molar-refractivity contribution < 1.29 is 24.2 Å². The maximum absolute atomic E-state index is 12.9. The van der Waals surface area contributed by atoms with E-state index in [4.69, 9.17) is 4.74 Å². The molecule has 0 fully saturated rings. The summed E-state index contributed by atoms with van der Waals surface area (Å²) in [4.78, 5) is 39.1. The van der Waals surface area contributed by atoms with Gasteiger partial charge in [-0.05, 0) is 40.2 Å². The van der Waals surface area contributed by atoms with Crippen molar-refractivity contribution >= 4 is 17.9 Å². The van der Waals surface area contributed by atoms with E-state index in [0.717, 1.165) is 19.3 Å². The smallest absolute Gasteiger partial charge is 0.408 e. The lowest BCUT2D eigenvalue weighted by Crippen LogP contribution is -2.50. The Hall–Kier alpha value is -2.77. The number of phenolic OH excluding ortho intramolecular Hbond substituents is 1. The Morgan fingerprint density at radius 1 is 1.17 bits per heavy atom. The Balaban J connectivity index is 2.99. The lowest BCUT2D eigenvalue weighted by molar-refractivity contribution is -0.140. The normalized spacial score (nSPS) is 13.1. The van der Waals surface area contributed by atoms with E-state index in [9.17, 15) is 19.5 Å². The Morgan fingerprint density at radius 3 is 2.37 bits per heavy atom. The Bertz CT molecular complexity index is 730. The van der Waals surface area contributed by atoms with Crippen LogP contribution in [0.2, 0.25) is 0 Å². The Labute approximate surface area is 179 Å². The van der Waals surface area contributed by atoms with Gasteiger partial charge < -0.3 is 25.4 Å². The number of para-hydroxylation sites is 1. The lowest BCUT2D eigenvalue weighted by Gasteiger charge is -2.30. The van der Waals surface area contributed by atoms with Crippen LogP contribution in [-0.2, 0) is 14.3 Å². The van der Waals surface area contributed by atoms with Gasteiger partial charge in [-0.3, -0.25) is 9.59 Å². The third-order valence-corrected chi connectivity index (χ3v) is 4.40. The fourth-order valence-corrected chi connectivity index (χ4v) is 2.91. The predicted molar refractivity (Wildman–Crippen MR) is 115 cm³/mol. The van der Waals surface area contributed by atoms with Crippen LogP contribution in [0.3, 0.4) is 0 Å². The molecule has 0 saturated heterocycles. The van der Waals surface area contributed by atoms with E-state index in [1.165, 1.54) is 24.9 Å². The third-order valence-electron chi connectivity index (χ3n) is 4.40. The summed E-state index contributed by atoms with van der Waals surface area (Å²) in [5, 5.41) is 15.6. The zero-order valence-electron chi connectivity index (χ0n) is 18.8. The maximum atomic E-state index is 12.9. The zero-order valence-corrected chi connectivity index (χ0v) is 18.8. The van der Waals surface area contributed by atoms with E-state index < -0.39 is 35.6 Å². The number of hydrogen-bond donors (Lipinski definition) is 3. The number of nitrogens with one attached hydrogen (secondary N) is 2. The van der Waals surface area contributed by atoms with Gasteiger partial charge in [-0.15, -0.1) is 0 Å². The summed E-state index contributed by atoms with van der Waals surface area (Å²) >= 11 is 0. The van der Waals surface area contributed by atoms with Crippen LogP contribution in [0.15, 0.2) is 24.3 Å². The third kappa shape index (κ3) is 7.93. The van der Waals surface area contributed by atoms with Gasteiger partial charge >= 0.3 is 6.09 Å². The number of alkyl carbamates (subject to hydrolysis) is 1. The molecule has 0 spiro atoms. The van der Waals surface area contributed by atoms with E-state index in [2.05, 4.69) is 17.6 Å². The molecule has 3 N–H and O–H groups in total. The van der Waals surface area contributed by atoms with Gasteiger partial charge in [0.05, 0.1) is 0 Å². The van der Waals surface area contributed by atoms with Crippen LogP contribution >= 0.6 is 0 Å². The van der Waals surface area contributed by atoms with E-state index >= 15 is 0 Å². The standard InChI is InChI=1S/C22H35N3O5/c1-7-8-11-14-23-19(27)18(16-12-9-10-13-17(16)26)25(6)20(28)15(2)24-21(29)30-22(3,4)5/h9-10,12-13,15,18,26H,7-8,11,14H2,1-6H3,(H,23,27)(H,24,29). The highest BCUT2D eigenvalue weighted by atomic mass is 16.6. The minimum Gasteiger partial charge on any atom is -0.508 e. The van der Waals surface area contributed by atoms with Gasteiger partial charge in [0.15, 0.2) is 0 Å². The van der Waals surface area contributed by atoms with Crippen LogP contribution in [0.25, 0.3) is 0 Å². The van der Waals surface area contributed by atoms with Crippen molar-refractivity contribution in [3.05, 3.63) is 29.8 Å². The van der Waals surface area contributed by atoms with Crippen molar-refractivity contribution in [3.8, 4) is 5.75 Å². The number of nitrogens with zero attached hydrogens (tertiary/aromatic N) is 1. The van der Waals surface area contributed by atoms with Gasteiger partial charge in [-0.2, -0.15) is 0 Å². The van der Waals surface area contributed by atoms with Crippen molar-refractivity contribution in [2.24, 2.45) is 0 Å². The SMILES string of the molecule is CCCCCNC(=O)C(c1ccccc1O)N(C)C(=O)C(C)NC(=O)OC(C)(C)C. The number of ether oxygens (including phenoxy) is 1. The number of benzene rings is 1. The highest BCUT2D eigenvalue weighted by Gasteiger charge is 2.33. The number of carbonyl (C=O) groups is 3. The highest BCUT2D eigenvalue weighted by molar-refractivity contribution is 5.92. The first-order valence-electron chi connectivity index (χ1n) is 10.3. The first-order chi connectivity index (χ1) is 14.0. The Morgan fingerprint density at radius 2 is 1.80 bits per heavy atom. The van der Waals surface area contributed by atoms with Crippen LogP contribution in [0, 0.1) is 0 Å². The van der Waals surface area contributed by atoms with Crippen LogP contribution < -0.4 is 10.6 Å². The number of hydrogen-bond acceptors (Lipinski definition) is 5. The van der Waals surface area contributed by atoms with E-state index in [1.807, 2.05) is 0 Å². The average Bonchev–Trinajstić information content (AvgIpc) is 2.64. The highest BCUT2D eigenvalue weighted by Crippen LogP contribution is 2.28. The monoisotopic (exact) mass is 421 g/mol. The molecule has 0 aliphatic heterocycles. The second-order valence-corrected chi connectivity index (χ2v) is 8.28. The largest absolute Gasteiger partial charge is 0.508 e. The quantitative estimate of drug-likeness (QED) is 0.531. The fraction of sp³-hybridized carbons (Fsp3) is 0.591. The minimum absolute atomic E-state index is 0.0846. The van der Waals surface area contributed by atoms with Gasteiger partial charge in [0.2, 0.25) is 11.8 Å². The maximum Gasteiger partial charge on any atom is 0.408 e. The molecular weight excluding hydrogens is 386 g/mol. The van der Waals surface area contributed by atoms with Crippen molar-refractivity contribution in [1.29, 1.82) is 0 Å². The zero-order chi connectivity index (χ0) is 22.9. The number of phenols is 1. The van der Waals surface area contributed by atoms with Crippen LogP contribution in [0.4, 0.5) is 4.79 Å². The lowest BCUT2D eigenvalue weighted by atomic mass is 10.0. The molecule has 168 valence electrons. The molecular formula is C22H35N3O5. The summed E-state index contributed by atoms with van der Waals surface area (Å²) in [6.45, 7) is 9.24. The molecule has 0 aliphatic rings. The first-order valence-corrected chi connectivity index (χ1v) is 10.3. The molecule has 0 aliphatic carbocycles. The number of amides is 3. The van der Waals surface area contributed by atoms with Gasteiger partial charge in [0.25, 0.3) is 0 Å². The summed E-state index contributed by atoms with van der Waals surface area (Å²) in [6.07, 6.45) is 2.10. The first kappa shape index (κ1) is 25.3. The van der Waals surface area contributed by atoms with Gasteiger partial charge in [0, 0.05) is 19.2 Å². The minimum atomic E-state index is -1.04. The van der Waals surface area contributed by atoms with Crippen molar-refractivity contribution in [2.75, 3.05) is 13.6 Å². The summed E-state index contributed by atoms with van der Waals surface area (Å²) in [5.41, 5.74) is -0.388. The molecule has 0 radical (unpaired) electrons.